The number of pyridine rings is 1. The summed E-state index contributed by atoms with van der Waals surface area (Å²) in [5.74, 6) is -1.19. The zero-order valence-electron chi connectivity index (χ0n) is 7.52. The van der Waals surface area contributed by atoms with Gasteiger partial charge in [-0.15, -0.1) is 0 Å². The van der Waals surface area contributed by atoms with Gasteiger partial charge in [-0.1, -0.05) is 0 Å². The Morgan fingerprint density at radius 1 is 1.27 bits per heavy atom. The molecule has 3 N–H and O–H groups in total. The summed E-state index contributed by atoms with van der Waals surface area (Å²) in [4.78, 5) is 24.3. The Hall–Kier alpha value is -2.30. The van der Waals surface area contributed by atoms with Crippen molar-refractivity contribution >= 4 is 16.7 Å². The van der Waals surface area contributed by atoms with Crippen molar-refractivity contribution in [3.8, 4) is 5.75 Å². The van der Waals surface area contributed by atoms with Gasteiger partial charge in [0.1, 0.15) is 5.75 Å². The topological polar surface area (TPSA) is 90.4 Å². The van der Waals surface area contributed by atoms with E-state index in [1.165, 1.54) is 24.4 Å². The van der Waals surface area contributed by atoms with E-state index >= 15 is 0 Å². The van der Waals surface area contributed by atoms with Gasteiger partial charge in [0.2, 0.25) is 0 Å². The van der Waals surface area contributed by atoms with Crippen LogP contribution in [0.15, 0.2) is 29.2 Å². The summed E-state index contributed by atoms with van der Waals surface area (Å²) in [6.45, 7) is 0. The summed E-state index contributed by atoms with van der Waals surface area (Å²) in [5.41, 5.74) is -0.412. The first-order chi connectivity index (χ1) is 7.09. The average Bonchev–Trinajstić information content (AvgIpc) is 2.23. The lowest BCUT2D eigenvalue weighted by molar-refractivity contribution is 0.0697. The number of aromatic hydroxyl groups is 1. The van der Waals surface area contributed by atoms with Crippen molar-refractivity contribution in [2.45, 2.75) is 0 Å². The Bertz CT molecular complexity index is 600. The molecule has 0 aliphatic carbocycles. The minimum Gasteiger partial charge on any atom is -0.506 e. The minimum absolute atomic E-state index is 0.0126. The van der Waals surface area contributed by atoms with Gasteiger partial charge in [0, 0.05) is 11.6 Å². The molecule has 1 aromatic heterocycles. The number of benzene rings is 1. The normalized spacial score (nSPS) is 10.4. The maximum absolute atomic E-state index is 11.3. The molecule has 1 aromatic carbocycles. The highest BCUT2D eigenvalue weighted by atomic mass is 16.4. The highest BCUT2D eigenvalue weighted by molar-refractivity contribution is 5.95. The molecule has 2 rings (SSSR count). The van der Waals surface area contributed by atoms with Gasteiger partial charge >= 0.3 is 5.97 Å². The van der Waals surface area contributed by atoms with Gasteiger partial charge in [-0.3, -0.25) is 4.79 Å². The van der Waals surface area contributed by atoms with Gasteiger partial charge in [0.05, 0.1) is 10.9 Å². The zero-order chi connectivity index (χ0) is 11.0. The highest BCUT2D eigenvalue weighted by Crippen LogP contribution is 2.21. The molecular formula is C10H7NO4. The van der Waals surface area contributed by atoms with Gasteiger partial charge in [-0.05, 0) is 18.2 Å². The number of aromatic carboxylic acids is 1. The van der Waals surface area contributed by atoms with Crippen LogP contribution < -0.4 is 5.56 Å². The maximum atomic E-state index is 11.3. The van der Waals surface area contributed by atoms with Crippen LogP contribution in [0.1, 0.15) is 10.4 Å². The molecule has 0 aliphatic rings. The molecule has 2 aromatic rings. The summed E-state index contributed by atoms with van der Waals surface area (Å²) in [6, 6.07) is 3.98. The Kier molecular flexibility index (Phi) is 1.93. The SMILES string of the molecule is O=C(O)c1ccc2c(O)c[nH]c(=O)c2c1. The third-order valence-corrected chi connectivity index (χ3v) is 2.13. The fraction of sp³-hybridized carbons (Fsp3) is 0. The Morgan fingerprint density at radius 2 is 2.00 bits per heavy atom. The standard InChI is InChI=1S/C10H7NO4/c12-8-4-11-9(13)7-3-5(10(14)15)1-2-6(7)8/h1-4,12H,(H,11,13)(H,14,15). The number of aromatic nitrogens is 1. The van der Waals surface area contributed by atoms with Gasteiger partial charge in [-0.25, -0.2) is 4.79 Å². The third-order valence-electron chi connectivity index (χ3n) is 2.13. The van der Waals surface area contributed by atoms with Crippen LogP contribution in [-0.4, -0.2) is 21.2 Å². The summed E-state index contributed by atoms with van der Waals surface area (Å²) in [6.07, 6.45) is 1.17. The molecule has 0 bridgehead atoms. The summed E-state index contributed by atoms with van der Waals surface area (Å²) >= 11 is 0. The fourth-order valence-electron chi connectivity index (χ4n) is 1.38. The number of carbonyl (C=O) groups is 1. The van der Waals surface area contributed by atoms with Crippen LogP contribution in [0.2, 0.25) is 0 Å². The summed E-state index contributed by atoms with van der Waals surface area (Å²) in [7, 11) is 0. The quantitative estimate of drug-likeness (QED) is 0.646. The van der Waals surface area contributed by atoms with Crippen LogP contribution in [0.3, 0.4) is 0 Å². The predicted molar refractivity (Wildman–Crippen MR) is 53.2 cm³/mol. The number of aromatic amines is 1. The smallest absolute Gasteiger partial charge is 0.335 e. The van der Waals surface area contributed by atoms with Gasteiger partial charge in [-0.2, -0.15) is 0 Å². The lowest BCUT2D eigenvalue weighted by Crippen LogP contribution is -2.06. The van der Waals surface area contributed by atoms with Crippen molar-refractivity contribution < 1.29 is 15.0 Å². The predicted octanol–water partition coefficient (Wildman–Crippen LogP) is 0.932. The second-order valence-corrected chi connectivity index (χ2v) is 3.07. The number of nitrogens with one attached hydrogen (secondary N) is 1. The van der Waals surface area contributed by atoms with Crippen LogP contribution in [0.4, 0.5) is 0 Å². The van der Waals surface area contributed by atoms with Gasteiger partial charge in [0.15, 0.2) is 0 Å². The monoisotopic (exact) mass is 205 g/mol. The number of hydrogen-bond donors (Lipinski definition) is 3. The summed E-state index contributed by atoms with van der Waals surface area (Å²) < 4.78 is 0. The molecule has 0 radical (unpaired) electrons. The zero-order valence-corrected chi connectivity index (χ0v) is 7.52. The molecule has 0 fully saturated rings. The van der Waals surface area contributed by atoms with Crippen molar-refractivity contribution in [3.63, 3.8) is 0 Å². The first kappa shape index (κ1) is 9.26. The van der Waals surface area contributed by atoms with Crippen molar-refractivity contribution in [2.75, 3.05) is 0 Å². The average molecular weight is 205 g/mol. The van der Waals surface area contributed by atoms with E-state index in [1.807, 2.05) is 0 Å². The van der Waals surface area contributed by atoms with E-state index in [4.69, 9.17) is 5.11 Å². The van der Waals surface area contributed by atoms with Gasteiger partial charge in [0.25, 0.3) is 5.56 Å². The number of carboxylic acids is 1. The van der Waals surface area contributed by atoms with E-state index in [0.29, 0.717) is 5.39 Å². The molecule has 5 nitrogen and oxygen atoms in total. The third kappa shape index (κ3) is 1.43. The number of carboxylic acid groups (broad SMARTS) is 1. The molecular weight excluding hydrogens is 198 g/mol. The van der Waals surface area contributed by atoms with Gasteiger partial charge < -0.3 is 15.2 Å². The molecule has 0 amide bonds. The number of hydrogen-bond acceptors (Lipinski definition) is 3. The number of fused-ring (bicyclic) bond motifs is 1. The Morgan fingerprint density at radius 3 is 2.67 bits per heavy atom. The molecule has 0 atom stereocenters. The minimum atomic E-state index is -1.11. The van der Waals surface area contributed by atoms with E-state index in [9.17, 15) is 14.7 Å². The molecule has 76 valence electrons. The summed E-state index contributed by atoms with van der Waals surface area (Å²) in [5, 5.41) is 18.6. The second-order valence-electron chi connectivity index (χ2n) is 3.07. The van der Waals surface area contributed by atoms with Crippen molar-refractivity contribution in [2.24, 2.45) is 0 Å². The number of rotatable bonds is 1. The lowest BCUT2D eigenvalue weighted by Gasteiger charge is -2.00. The van der Waals surface area contributed by atoms with E-state index in [1.54, 1.807) is 0 Å². The fourth-order valence-corrected chi connectivity index (χ4v) is 1.38. The van der Waals surface area contributed by atoms with Crippen LogP contribution in [0.25, 0.3) is 10.8 Å². The molecule has 5 heteroatoms. The Labute approximate surface area is 83.6 Å². The van der Waals surface area contributed by atoms with Crippen LogP contribution in [0.5, 0.6) is 5.75 Å². The van der Waals surface area contributed by atoms with E-state index < -0.39 is 11.5 Å². The van der Waals surface area contributed by atoms with Crippen molar-refractivity contribution in [3.05, 3.63) is 40.3 Å². The van der Waals surface area contributed by atoms with Crippen molar-refractivity contribution in [1.29, 1.82) is 0 Å². The van der Waals surface area contributed by atoms with Crippen LogP contribution >= 0.6 is 0 Å². The molecule has 0 unspecified atom stereocenters. The molecule has 0 spiro atoms. The first-order valence-electron chi connectivity index (χ1n) is 4.17. The lowest BCUT2D eigenvalue weighted by atomic mass is 10.1. The van der Waals surface area contributed by atoms with Crippen LogP contribution in [0, 0.1) is 0 Å². The Balaban J connectivity index is 2.87. The van der Waals surface area contributed by atoms with Crippen LogP contribution in [-0.2, 0) is 0 Å². The molecule has 1 heterocycles. The maximum Gasteiger partial charge on any atom is 0.335 e. The largest absolute Gasteiger partial charge is 0.506 e. The van der Waals surface area contributed by atoms with E-state index in [-0.39, 0.29) is 16.7 Å². The molecule has 0 saturated heterocycles. The number of H-pyrrole nitrogens is 1. The van der Waals surface area contributed by atoms with Crippen molar-refractivity contribution in [1.82, 2.24) is 4.98 Å². The highest BCUT2D eigenvalue weighted by Gasteiger charge is 2.08. The second kappa shape index (κ2) is 3.13. The van der Waals surface area contributed by atoms with E-state index in [2.05, 4.69) is 4.98 Å². The first-order valence-corrected chi connectivity index (χ1v) is 4.17. The molecule has 0 saturated carbocycles. The molecule has 0 aliphatic heterocycles. The molecule has 15 heavy (non-hydrogen) atoms. The van der Waals surface area contributed by atoms with E-state index in [0.717, 1.165) is 0 Å².